The highest BCUT2D eigenvalue weighted by Crippen LogP contribution is 2.28. The van der Waals surface area contributed by atoms with E-state index in [0.717, 1.165) is 5.56 Å². The third-order valence-electron chi connectivity index (χ3n) is 2.43. The molecular formula is C14H12Cl2O2. The van der Waals surface area contributed by atoms with E-state index in [1.165, 1.54) is 0 Å². The summed E-state index contributed by atoms with van der Waals surface area (Å²) >= 11 is 11.8. The largest absolute Gasteiger partial charge is 0.457 e. The maximum atomic E-state index is 9.40. The molecule has 4 heteroatoms. The van der Waals surface area contributed by atoms with E-state index in [1.54, 1.807) is 37.3 Å². The summed E-state index contributed by atoms with van der Waals surface area (Å²) in [4.78, 5) is 0. The van der Waals surface area contributed by atoms with E-state index in [1.807, 2.05) is 12.1 Å². The second-order valence-electron chi connectivity index (χ2n) is 3.95. The summed E-state index contributed by atoms with van der Waals surface area (Å²) in [6, 6.07) is 12.2. The van der Waals surface area contributed by atoms with Crippen molar-refractivity contribution in [2.75, 3.05) is 0 Å². The summed E-state index contributed by atoms with van der Waals surface area (Å²) in [6.07, 6.45) is -0.486. The van der Waals surface area contributed by atoms with Gasteiger partial charge in [-0.3, -0.25) is 0 Å². The molecular weight excluding hydrogens is 271 g/mol. The van der Waals surface area contributed by atoms with Crippen LogP contribution >= 0.6 is 23.2 Å². The van der Waals surface area contributed by atoms with Crippen molar-refractivity contribution in [2.45, 2.75) is 13.0 Å². The van der Waals surface area contributed by atoms with Crippen LogP contribution in [-0.2, 0) is 0 Å². The van der Waals surface area contributed by atoms with Gasteiger partial charge in [-0.25, -0.2) is 0 Å². The molecule has 0 aliphatic rings. The van der Waals surface area contributed by atoms with Crippen LogP contribution in [-0.4, -0.2) is 5.11 Å². The zero-order valence-corrected chi connectivity index (χ0v) is 11.2. The lowest BCUT2D eigenvalue weighted by Gasteiger charge is -2.08. The summed E-state index contributed by atoms with van der Waals surface area (Å²) in [5, 5.41) is 10.5. The molecule has 2 aromatic carbocycles. The zero-order valence-electron chi connectivity index (χ0n) is 9.73. The maximum Gasteiger partial charge on any atom is 0.130 e. The van der Waals surface area contributed by atoms with Crippen molar-refractivity contribution in [3.05, 3.63) is 58.1 Å². The maximum absolute atomic E-state index is 9.40. The van der Waals surface area contributed by atoms with E-state index in [9.17, 15) is 5.11 Å². The lowest BCUT2D eigenvalue weighted by molar-refractivity contribution is 0.199. The fourth-order valence-electron chi connectivity index (χ4n) is 1.54. The van der Waals surface area contributed by atoms with Crippen molar-refractivity contribution in [2.24, 2.45) is 0 Å². The topological polar surface area (TPSA) is 29.5 Å². The van der Waals surface area contributed by atoms with Crippen molar-refractivity contribution < 1.29 is 9.84 Å². The number of hydrogen-bond acceptors (Lipinski definition) is 2. The highest BCUT2D eigenvalue weighted by molar-refractivity contribution is 6.34. The number of halogens is 2. The molecule has 0 heterocycles. The quantitative estimate of drug-likeness (QED) is 0.873. The number of aliphatic hydroxyl groups excluding tert-OH is 1. The van der Waals surface area contributed by atoms with E-state index in [4.69, 9.17) is 27.9 Å². The minimum atomic E-state index is -0.486. The molecule has 18 heavy (non-hydrogen) atoms. The lowest BCUT2D eigenvalue weighted by Crippen LogP contribution is -1.90. The number of rotatable bonds is 3. The normalized spacial score (nSPS) is 12.2. The Morgan fingerprint density at radius 2 is 1.50 bits per heavy atom. The third-order valence-corrected chi connectivity index (χ3v) is 2.87. The van der Waals surface area contributed by atoms with Crippen molar-refractivity contribution in [1.29, 1.82) is 0 Å². The van der Waals surface area contributed by atoms with Gasteiger partial charge in [0.2, 0.25) is 0 Å². The summed E-state index contributed by atoms with van der Waals surface area (Å²) in [6.45, 7) is 1.71. The van der Waals surface area contributed by atoms with Gasteiger partial charge in [0.15, 0.2) is 0 Å². The molecule has 0 fully saturated rings. The van der Waals surface area contributed by atoms with Crippen LogP contribution in [0.4, 0.5) is 0 Å². The van der Waals surface area contributed by atoms with Gasteiger partial charge in [-0.1, -0.05) is 35.3 Å². The minimum absolute atomic E-state index is 0.486. The Bertz CT molecular complexity index is 516. The van der Waals surface area contributed by atoms with E-state index in [2.05, 4.69) is 0 Å². The molecule has 0 bridgehead atoms. The standard InChI is InChI=1S/C14H12Cl2O2/c1-9(17)10-2-4-13(5-3-10)18-14-7-11(15)6-12(16)8-14/h2-9,17H,1H3/t9-/m1/s1. The highest BCUT2D eigenvalue weighted by Gasteiger charge is 2.03. The van der Waals surface area contributed by atoms with Gasteiger partial charge < -0.3 is 9.84 Å². The van der Waals surface area contributed by atoms with Crippen LogP contribution in [0.15, 0.2) is 42.5 Å². The monoisotopic (exact) mass is 282 g/mol. The van der Waals surface area contributed by atoms with Gasteiger partial charge in [0.1, 0.15) is 11.5 Å². The molecule has 0 saturated heterocycles. The Labute approximate surface area is 116 Å². The van der Waals surface area contributed by atoms with Gasteiger partial charge in [0, 0.05) is 10.0 Å². The fourth-order valence-corrected chi connectivity index (χ4v) is 2.04. The Kier molecular flexibility index (Phi) is 4.12. The summed E-state index contributed by atoms with van der Waals surface area (Å²) in [5.41, 5.74) is 0.839. The molecule has 0 aliphatic carbocycles. The Hall–Kier alpha value is -1.22. The number of aliphatic hydroxyl groups is 1. The molecule has 1 N–H and O–H groups in total. The molecule has 2 aromatic rings. The molecule has 0 amide bonds. The van der Waals surface area contributed by atoms with Crippen molar-refractivity contribution >= 4 is 23.2 Å². The predicted molar refractivity (Wildman–Crippen MR) is 73.6 cm³/mol. The molecule has 1 atom stereocenters. The van der Waals surface area contributed by atoms with E-state index < -0.39 is 6.10 Å². The van der Waals surface area contributed by atoms with Gasteiger partial charge in [-0.05, 0) is 42.8 Å². The minimum Gasteiger partial charge on any atom is -0.457 e. The molecule has 2 nitrogen and oxygen atoms in total. The molecule has 0 spiro atoms. The second kappa shape index (κ2) is 5.61. The summed E-state index contributed by atoms with van der Waals surface area (Å²) in [5.74, 6) is 1.25. The van der Waals surface area contributed by atoms with E-state index in [-0.39, 0.29) is 0 Å². The van der Waals surface area contributed by atoms with Crippen LogP contribution in [0.25, 0.3) is 0 Å². The van der Waals surface area contributed by atoms with Crippen LogP contribution in [0.2, 0.25) is 10.0 Å². The first-order valence-electron chi connectivity index (χ1n) is 5.46. The summed E-state index contributed by atoms with van der Waals surface area (Å²) in [7, 11) is 0. The molecule has 0 saturated carbocycles. The number of benzene rings is 2. The predicted octanol–water partition coefficient (Wildman–Crippen LogP) is 4.84. The molecule has 0 aliphatic heterocycles. The number of ether oxygens (including phenoxy) is 1. The van der Waals surface area contributed by atoms with Crippen LogP contribution in [0.5, 0.6) is 11.5 Å². The van der Waals surface area contributed by atoms with Gasteiger partial charge >= 0.3 is 0 Å². The Balaban J connectivity index is 2.18. The second-order valence-corrected chi connectivity index (χ2v) is 4.83. The Morgan fingerprint density at radius 1 is 0.944 bits per heavy atom. The van der Waals surface area contributed by atoms with Crippen LogP contribution in [0, 0.1) is 0 Å². The fraction of sp³-hybridized carbons (Fsp3) is 0.143. The van der Waals surface area contributed by atoms with Gasteiger partial charge in [-0.2, -0.15) is 0 Å². The van der Waals surface area contributed by atoms with E-state index in [0.29, 0.717) is 21.5 Å². The molecule has 0 radical (unpaired) electrons. The molecule has 94 valence electrons. The Morgan fingerprint density at radius 3 is 2.00 bits per heavy atom. The van der Waals surface area contributed by atoms with Gasteiger partial charge in [0.05, 0.1) is 6.10 Å². The average molecular weight is 283 g/mol. The average Bonchev–Trinajstić information content (AvgIpc) is 2.28. The van der Waals surface area contributed by atoms with Crippen LogP contribution < -0.4 is 4.74 Å². The molecule has 2 rings (SSSR count). The first-order valence-corrected chi connectivity index (χ1v) is 6.22. The SMILES string of the molecule is C[C@@H](O)c1ccc(Oc2cc(Cl)cc(Cl)c2)cc1. The smallest absolute Gasteiger partial charge is 0.130 e. The van der Waals surface area contributed by atoms with E-state index >= 15 is 0 Å². The first-order chi connectivity index (χ1) is 8.54. The van der Waals surface area contributed by atoms with Crippen molar-refractivity contribution in [3.63, 3.8) is 0 Å². The van der Waals surface area contributed by atoms with Crippen molar-refractivity contribution in [3.8, 4) is 11.5 Å². The number of hydrogen-bond donors (Lipinski definition) is 1. The van der Waals surface area contributed by atoms with Gasteiger partial charge in [0.25, 0.3) is 0 Å². The summed E-state index contributed by atoms with van der Waals surface area (Å²) < 4.78 is 5.62. The van der Waals surface area contributed by atoms with Crippen molar-refractivity contribution in [1.82, 2.24) is 0 Å². The molecule has 0 aromatic heterocycles. The zero-order chi connectivity index (χ0) is 13.1. The molecule has 0 unspecified atom stereocenters. The first kappa shape index (κ1) is 13.2. The lowest BCUT2D eigenvalue weighted by atomic mass is 10.1. The van der Waals surface area contributed by atoms with Gasteiger partial charge in [-0.15, -0.1) is 0 Å². The third kappa shape index (κ3) is 3.39. The van der Waals surface area contributed by atoms with Crippen LogP contribution in [0.3, 0.4) is 0 Å². The highest BCUT2D eigenvalue weighted by atomic mass is 35.5. The van der Waals surface area contributed by atoms with Crippen LogP contribution in [0.1, 0.15) is 18.6 Å².